The van der Waals surface area contributed by atoms with Crippen molar-refractivity contribution in [2.75, 3.05) is 0 Å². The zero-order valence-electron chi connectivity index (χ0n) is 7.91. The molecule has 0 unspecified atom stereocenters. The van der Waals surface area contributed by atoms with E-state index in [4.69, 9.17) is 0 Å². The Bertz CT molecular complexity index is 516. The normalized spacial score (nSPS) is 10.8. The number of carbonyl (C=O) groups is 1. The highest BCUT2D eigenvalue weighted by molar-refractivity contribution is 14.1. The van der Waals surface area contributed by atoms with Crippen LogP contribution in [-0.4, -0.2) is 15.7 Å². The Morgan fingerprint density at radius 2 is 2.21 bits per heavy atom. The highest BCUT2D eigenvalue weighted by Crippen LogP contribution is 2.20. The molecule has 0 saturated heterocycles. The first-order valence-corrected chi connectivity index (χ1v) is 5.33. The topological polar surface area (TPSA) is 34.9 Å². The van der Waals surface area contributed by atoms with Gasteiger partial charge in [-0.15, -0.1) is 0 Å². The summed E-state index contributed by atoms with van der Waals surface area (Å²) in [6.07, 6.45) is 0. The molecule has 72 valence electrons. The second-order valence-corrected chi connectivity index (χ2v) is 4.42. The lowest BCUT2D eigenvalue weighted by atomic mass is 10.2. The van der Waals surface area contributed by atoms with Gasteiger partial charge < -0.3 is 0 Å². The molecule has 1 heterocycles. The van der Waals surface area contributed by atoms with Crippen molar-refractivity contribution in [1.82, 2.24) is 9.78 Å². The van der Waals surface area contributed by atoms with E-state index < -0.39 is 0 Å². The monoisotopic (exact) mass is 300 g/mol. The standard InChI is InChI=1S/C10H9IN2O/c1-6-9-5-8(11)3-4-10(9)13(12-6)7(2)14/h3-5H,1-2H3. The molecular formula is C10H9IN2O. The lowest BCUT2D eigenvalue weighted by molar-refractivity contribution is 0.0926. The van der Waals surface area contributed by atoms with Gasteiger partial charge >= 0.3 is 0 Å². The van der Waals surface area contributed by atoms with Crippen LogP contribution in [0, 0.1) is 10.5 Å². The Balaban J connectivity index is 2.84. The molecule has 0 spiro atoms. The third-order valence-corrected chi connectivity index (χ3v) is 2.80. The van der Waals surface area contributed by atoms with Crippen molar-refractivity contribution in [3.8, 4) is 0 Å². The number of aryl methyl sites for hydroxylation is 1. The Labute approximate surface area is 95.2 Å². The molecule has 4 heteroatoms. The van der Waals surface area contributed by atoms with Gasteiger partial charge in [0.25, 0.3) is 0 Å². The number of carbonyl (C=O) groups excluding carboxylic acids is 1. The molecule has 1 aromatic heterocycles. The first-order valence-electron chi connectivity index (χ1n) is 4.25. The molecule has 3 nitrogen and oxygen atoms in total. The summed E-state index contributed by atoms with van der Waals surface area (Å²) >= 11 is 2.25. The average molecular weight is 300 g/mol. The van der Waals surface area contributed by atoms with E-state index in [1.807, 2.05) is 25.1 Å². The van der Waals surface area contributed by atoms with Crippen LogP contribution in [0.4, 0.5) is 0 Å². The lowest BCUT2D eigenvalue weighted by Crippen LogP contribution is -2.06. The van der Waals surface area contributed by atoms with Gasteiger partial charge in [0, 0.05) is 15.9 Å². The quantitative estimate of drug-likeness (QED) is 0.701. The number of halogens is 1. The van der Waals surface area contributed by atoms with E-state index in [0.717, 1.165) is 20.2 Å². The van der Waals surface area contributed by atoms with Crippen LogP contribution in [0.3, 0.4) is 0 Å². The maximum absolute atomic E-state index is 11.3. The van der Waals surface area contributed by atoms with Gasteiger partial charge in [0.15, 0.2) is 0 Å². The number of fused-ring (bicyclic) bond motifs is 1. The van der Waals surface area contributed by atoms with Crippen LogP contribution in [0.2, 0.25) is 0 Å². The minimum Gasteiger partial charge on any atom is -0.273 e. The number of hydrogen-bond acceptors (Lipinski definition) is 2. The Hall–Kier alpha value is -0.910. The van der Waals surface area contributed by atoms with Gasteiger partial charge in [-0.2, -0.15) is 5.10 Å². The fraction of sp³-hybridized carbons (Fsp3) is 0.200. The molecule has 0 bridgehead atoms. The van der Waals surface area contributed by atoms with Crippen LogP contribution in [-0.2, 0) is 0 Å². The molecule has 14 heavy (non-hydrogen) atoms. The van der Waals surface area contributed by atoms with Gasteiger partial charge in [-0.05, 0) is 47.7 Å². The van der Waals surface area contributed by atoms with Gasteiger partial charge in [-0.1, -0.05) is 0 Å². The zero-order valence-corrected chi connectivity index (χ0v) is 10.1. The van der Waals surface area contributed by atoms with Crippen LogP contribution < -0.4 is 0 Å². The molecule has 0 N–H and O–H groups in total. The molecular weight excluding hydrogens is 291 g/mol. The smallest absolute Gasteiger partial charge is 0.244 e. The molecule has 0 radical (unpaired) electrons. The molecule has 0 fully saturated rings. The highest BCUT2D eigenvalue weighted by Gasteiger charge is 2.09. The fourth-order valence-electron chi connectivity index (χ4n) is 1.48. The van der Waals surface area contributed by atoms with Crippen LogP contribution in [0.15, 0.2) is 18.2 Å². The zero-order chi connectivity index (χ0) is 10.3. The minimum absolute atomic E-state index is 0.0516. The van der Waals surface area contributed by atoms with Crippen LogP contribution in [0.25, 0.3) is 10.9 Å². The van der Waals surface area contributed by atoms with Gasteiger partial charge in [0.2, 0.25) is 5.91 Å². The minimum atomic E-state index is -0.0516. The van der Waals surface area contributed by atoms with Crippen molar-refractivity contribution in [1.29, 1.82) is 0 Å². The van der Waals surface area contributed by atoms with Crippen LogP contribution in [0.1, 0.15) is 17.4 Å². The van der Waals surface area contributed by atoms with Crippen molar-refractivity contribution in [2.45, 2.75) is 13.8 Å². The maximum atomic E-state index is 11.3. The first kappa shape index (κ1) is 9.64. The van der Waals surface area contributed by atoms with E-state index >= 15 is 0 Å². The largest absolute Gasteiger partial charge is 0.273 e. The second kappa shape index (κ2) is 3.34. The van der Waals surface area contributed by atoms with E-state index in [0.29, 0.717) is 0 Å². The SMILES string of the molecule is CC(=O)n1nc(C)c2cc(I)ccc21. The number of benzene rings is 1. The Morgan fingerprint density at radius 3 is 2.86 bits per heavy atom. The van der Waals surface area contributed by atoms with Crippen LogP contribution in [0.5, 0.6) is 0 Å². The molecule has 0 atom stereocenters. The fourth-order valence-corrected chi connectivity index (χ4v) is 1.97. The number of hydrogen-bond donors (Lipinski definition) is 0. The second-order valence-electron chi connectivity index (χ2n) is 3.18. The van der Waals surface area contributed by atoms with Crippen molar-refractivity contribution < 1.29 is 4.79 Å². The van der Waals surface area contributed by atoms with E-state index in [2.05, 4.69) is 27.7 Å². The van der Waals surface area contributed by atoms with E-state index in [1.54, 1.807) is 0 Å². The number of aromatic nitrogens is 2. The number of rotatable bonds is 0. The van der Waals surface area contributed by atoms with E-state index in [9.17, 15) is 4.79 Å². The molecule has 0 saturated carbocycles. The molecule has 0 amide bonds. The summed E-state index contributed by atoms with van der Waals surface area (Å²) in [5.41, 5.74) is 1.78. The van der Waals surface area contributed by atoms with Gasteiger partial charge in [-0.3, -0.25) is 4.79 Å². The summed E-state index contributed by atoms with van der Waals surface area (Å²) in [4.78, 5) is 11.3. The number of nitrogens with zero attached hydrogens (tertiary/aromatic N) is 2. The van der Waals surface area contributed by atoms with Gasteiger partial charge in [0.1, 0.15) is 0 Å². The molecule has 0 aliphatic heterocycles. The summed E-state index contributed by atoms with van der Waals surface area (Å²) in [6, 6.07) is 5.94. The van der Waals surface area contributed by atoms with Gasteiger partial charge in [-0.25, -0.2) is 4.68 Å². The van der Waals surface area contributed by atoms with E-state index in [1.165, 1.54) is 11.6 Å². The summed E-state index contributed by atoms with van der Waals surface area (Å²) in [5, 5.41) is 5.24. The van der Waals surface area contributed by atoms with Crippen molar-refractivity contribution >= 4 is 39.4 Å². The average Bonchev–Trinajstić information content (AvgIpc) is 2.44. The Morgan fingerprint density at radius 1 is 1.50 bits per heavy atom. The Kier molecular flexibility index (Phi) is 2.30. The van der Waals surface area contributed by atoms with E-state index in [-0.39, 0.29) is 5.91 Å². The summed E-state index contributed by atoms with van der Waals surface area (Å²) in [6.45, 7) is 3.43. The predicted molar refractivity (Wildman–Crippen MR) is 63.5 cm³/mol. The molecule has 2 aromatic rings. The third-order valence-electron chi connectivity index (χ3n) is 2.12. The maximum Gasteiger partial charge on any atom is 0.244 e. The molecule has 0 aliphatic carbocycles. The summed E-state index contributed by atoms with van der Waals surface area (Å²) < 4.78 is 2.60. The highest BCUT2D eigenvalue weighted by atomic mass is 127. The predicted octanol–water partition coefficient (Wildman–Crippen LogP) is 2.61. The lowest BCUT2D eigenvalue weighted by Gasteiger charge is -1.96. The summed E-state index contributed by atoms with van der Waals surface area (Å²) in [7, 11) is 0. The molecule has 2 rings (SSSR count). The third kappa shape index (κ3) is 1.43. The van der Waals surface area contributed by atoms with Gasteiger partial charge in [0.05, 0.1) is 11.2 Å². The van der Waals surface area contributed by atoms with Crippen molar-refractivity contribution in [2.24, 2.45) is 0 Å². The van der Waals surface area contributed by atoms with Crippen molar-refractivity contribution in [3.63, 3.8) is 0 Å². The van der Waals surface area contributed by atoms with Crippen LogP contribution >= 0.6 is 22.6 Å². The summed E-state index contributed by atoms with van der Waals surface area (Å²) in [5.74, 6) is -0.0516. The molecule has 0 aliphatic rings. The first-order chi connectivity index (χ1) is 6.59. The van der Waals surface area contributed by atoms with Crippen molar-refractivity contribution in [3.05, 3.63) is 27.5 Å². The molecule has 1 aromatic carbocycles.